The molecule has 0 bridgehead atoms. The van der Waals surface area contributed by atoms with Crippen molar-refractivity contribution in [1.82, 2.24) is 9.88 Å². The lowest BCUT2D eigenvalue weighted by molar-refractivity contribution is -0.144. The van der Waals surface area contributed by atoms with E-state index in [0.29, 0.717) is 25.6 Å². The Balaban J connectivity index is 2.69. The molecule has 0 saturated carbocycles. The van der Waals surface area contributed by atoms with Crippen molar-refractivity contribution in [2.24, 2.45) is 0 Å². The molecule has 0 N–H and O–H groups in total. The van der Waals surface area contributed by atoms with E-state index < -0.39 is 0 Å². The molecular formula is C14H22N2O3. The first-order valence-corrected chi connectivity index (χ1v) is 6.57. The summed E-state index contributed by atoms with van der Waals surface area (Å²) in [5.41, 5.74) is 0.975. The van der Waals surface area contributed by atoms with E-state index in [4.69, 9.17) is 9.47 Å². The Bertz CT molecular complexity index is 396. The van der Waals surface area contributed by atoms with Crippen LogP contribution in [0.15, 0.2) is 18.3 Å². The number of pyridine rings is 1. The molecule has 1 heterocycles. The standard InChI is InChI=1S/C14H22N2O3/c1-4-9-16(11-13(17)19-5-2)10-12-7-6-8-15-14(12)18-3/h6-8H,4-5,9-11H2,1-3H3. The van der Waals surface area contributed by atoms with Gasteiger partial charge < -0.3 is 9.47 Å². The zero-order valence-corrected chi connectivity index (χ0v) is 11.9. The van der Waals surface area contributed by atoms with Gasteiger partial charge in [0.25, 0.3) is 0 Å². The third-order valence-corrected chi connectivity index (χ3v) is 2.64. The van der Waals surface area contributed by atoms with Crippen LogP contribution in [0.4, 0.5) is 0 Å². The summed E-state index contributed by atoms with van der Waals surface area (Å²) in [5, 5.41) is 0. The lowest BCUT2D eigenvalue weighted by Gasteiger charge is -2.21. The third kappa shape index (κ3) is 5.26. The van der Waals surface area contributed by atoms with Crippen LogP contribution >= 0.6 is 0 Å². The summed E-state index contributed by atoms with van der Waals surface area (Å²) in [6.07, 6.45) is 2.67. The molecule has 0 radical (unpaired) electrons. The normalized spacial score (nSPS) is 10.5. The van der Waals surface area contributed by atoms with E-state index in [9.17, 15) is 4.79 Å². The molecule has 1 aromatic rings. The Morgan fingerprint density at radius 3 is 2.84 bits per heavy atom. The Hall–Kier alpha value is -1.62. The minimum atomic E-state index is -0.196. The number of rotatable bonds is 8. The van der Waals surface area contributed by atoms with Crippen molar-refractivity contribution in [3.63, 3.8) is 0 Å². The van der Waals surface area contributed by atoms with E-state index >= 15 is 0 Å². The Labute approximate surface area is 114 Å². The molecule has 0 unspecified atom stereocenters. The number of hydrogen-bond acceptors (Lipinski definition) is 5. The molecule has 0 spiro atoms. The minimum Gasteiger partial charge on any atom is -0.481 e. The fourth-order valence-electron chi connectivity index (χ4n) is 1.89. The van der Waals surface area contributed by atoms with Gasteiger partial charge in [-0.15, -0.1) is 0 Å². The molecule has 19 heavy (non-hydrogen) atoms. The fraction of sp³-hybridized carbons (Fsp3) is 0.571. The maximum Gasteiger partial charge on any atom is 0.320 e. The van der Waals surface area contributed by atoms with Crippen molar-refractivity contribution in [2.45, 2.75) is 26.8 Å². The third-order valence-electron chi connectivity index (χ3n) is 2.64. The van der Waals surface area contributed by atoms with Crippen LogP contribution in [0.25, 0.3) is 0 Å². The van der Waals surface area contributed by atoms with Crippen LogP contribution in [0.2, 0.25) is 0 Å². The van der Waals surface area contributed by atoms with Crippen molar-refractivity contribution >= 4 is 5.97 Å². The van der Waals surface area contributed by atoms with Gasteiger partial charge in [-0.2, -0.15) is 0 Å². The SMILES string of the molecule is CCCN(CC(=O)OCC)Cc1cccnc1OC. The monoisotopic (exact) mass is 266 g/mol. The summed E-state index contributed by atoms with van der Waals surface area (Å²) >= 11 is 0. The molecule has 1 aromatic heterocycles. The second-order valence-corrected chi connectivity index (χ2v) is 4.19. The minimum absolute atomic E-state index is 0.196. The van der Waals surface area contributed by atoms with Gasteiger partial charge in [-0.3, -0.25) is 9.69 Å². The number of carbonyl (C=O) groups is 1. The predicted molar refractivity (Wildman–Crippen MR) is 73.0 cm³/mol. The molecule has 0 amide bonds. The average Bonchev–Trinajstić information content (AvgIpc) is 2.40. The van der Waals surface area contributed by atoms with Gasteiger partial charge in [0.15, 0.2) is 0 Å². The molecule has 106 valence electrons. The van der Waals surface area contributed by atoms with Crippen LogP contribution in [0.5, 0.6) is 5.88 Å². The van der Waals surface area contributed by atoms with Crippen LogP contribution in [-0.4, -0.2) is 42.7 Å². The van der Waals surface area contributed by atoms with Gasteiger partial charge >= 0.3 is 5.97 Å². The molecule has 0 fully saturated rings. The Morgan fingerprint density at radius 1 is 1.42 bits per heavy atom. The van der Waals surface area contributed by atoms with Gasteiger partial charge in [0.05, 0.1) is 20.3 Å². The van der Waals surface area contributed by atoms with E-state index in [-0.39, 0.29) is 5.97 Å². The average molecular weight is 266 g/mol. The van der Waals surface area contributed by atoms with Crippen molar-refractivity contribution in [3.05, 3.63) is 23.9 Å². The van der Waals surface area contributed by atoms with Crippen molar-refractivity contribution in [2.75, 3.05) is 26.8 Å². The van der Waals surface area contributed by atoms with E-state index in [0.717, 1.165) is 18.5 Å². The number of nitrogens with zero attached hydrogens (tertiary/aromatic N) is 2. The highest BCUT2D eigenvalue weighted by molar-refractivity contribution is 5.71. The van der Waals surface area contributed by atoms with Crippen LogP contribution < -0.4 is 4.74 Å². The maximum atomic E-state index is 11.6. The van der Waals surface area contributed by atoms with Crippen molar-refractivity contribution in [3.8, 4) is 5.88 Å². The van der Waals surface area contributed by atoms with Gasteiger partial charge in [0.1, 0.15) is 0 Å². The zero-order chi connectivity index (χ0) is 14.1. The van der Waals surface area contributed by atoms with Gasteiger partial charge in [-0.05, 0) is 26.0 Å². The van der Waals surface area contributed by atoms with Crippen LogP contribution in [-0.2, 0) is 16.1 Å². The van der Waals surface area contributed by atoms with Crippen molar-refractivity contribution in [1.29, 1.82) is 0 Å². The topological polar surface area (TPSA) is 51.7 Å². The fourth-order valence-corrected chi connectivity index (χ4v) is 1.89. The molecule has 0 aliphatic carbocycles. The summed E-state index contributed by atoms with van der Waals surface area (Å²) in [7, 11) is 1.60. The Morgan fingerprint density at radius 2 is 2.21 bits per heavy atom. The predicted octanol–water partition coefficient (Wildman–Crippen LogP) is 1.87. The van der Waals surface area contributed by atoms with Gasteiger partial charge in [0, 0.05) is 18.3 Å². The molecule has 0 aromatic carbocycles. The molecule has 0 atom stereocenters. The first-order chi connectivity index (χ1) is 9.21. The van der Waals surface area contributed by atoms with Crippen LogP contribution in [0.3, 0.4) is 0 Å². The first-order valence-electron chi connectivity index (χ1n) is 6.57. The van der Waals surface area contributed by atoms with Gasteiger partial charge in [-0.25, -0.2) is 4.98 Å². The molecule has 5 nitrogen and oxygen atoms in total. The van der Waals surface area contributed by atoms with Gasteiger partial charge in [-0.1, -0.05) is 13.0 Å². The van der Waals surface area contributed by atoms with Gasteiger partial charge in [0.2, 0.25) is 5.88 Å². The van der Waals surface area contributed by atoms with Crippen LogP contribution in [0.1, 0.15) is 25.8 Å². The van der Waals surface area contributed by atoms with E-state index in [2.05, 4.69) is 11.9 Å². The van der Waals surface area contributed by atoms with E-state index in [1.807, 2.05) is 24.0 Å². The first kappa shape index (κ1) is 15.4. The highest BCUT2D eigenvalue weighted by Crippen LogP contribution is 2.16. The lowest BCUT2D eigenvalue weighted by atomic mass is 10.2. The van der Waals surface area contributed by atoms with E-state index in [1.165, 1.54) is 0 Å². The maximum absolute atomic E-state index is 11.6. The highest BCUT2D eigenvalue weighted by atomic mass is 16.5. The second kappa shape index (κ2) is 8.48. The summed E-state index contributed by atoms with van der Waals surface area (Å²) in [6.45, 7) is 6.06. The molecule has 1 rings (SSSR count). The summed E-state index contributed by atoms with van der Waals surface area (Å²) in [5.74, 6) is 0.409. The molecule has 0 aliphatic rings. The number of aromatic nitrogens is 1. The van der Waals surface area contributed by atoms with E-state index in [1.54, 1.807) is 13.3 Å². The smallest absolute Gasteiger partial charge is 0.320 e. The zero-order valence-electron chi connectivity index (χ0n) is 11.9. The summed E-state index contributed by atoms with van der Waals surface area (Å²) in [6, 6.07) is 3.83. The number of methoxy groups -OCH3 is 1. The molecular weight excluding hydrogens is 244 g/mol. The Kier molecular flexibility index (Phi) is 6.89. The second-order valence-electron chi connectivity index (χ2n) is 4.19. The highest BCUT2D eigenvalue weighted by Gasteiger charge is 2.13. The molecule has 5 heteroatoms. The molecule has 0 saturated heterocycles. The largest absolute Gasteiger partial charge is 0.481 e. The summed E-state index contributed by atoms with van der Waals surface area (Å²) in [4.78, 5) is 17.8. The number of ether oxygens (including phenoxy) is 2. The van der Waals surface area contributed by atoms with Crippen LogP contribution in [0, 0.1) is 0 Å². The number of carbonyl (C=O) groups excluding carboxylic acids is 1. The lowest BCUT2D eigenvalue weighted by Crippen LogP contribution is -2.31. The quantitative estimate of drug-likeness (QED) is 0.672. The van der Waals surface area contributed by atoms with Crippen molar-refractivity contribution < 1.29 is 14.3 Å². The molecule has 0 aliphatic heterocycles. The number of hydrogen-bond donors (Lipinski definition) is 0. The summed E-state index contributed by atoms with van der Waals surface area (Å²) < 4.78 is 10.2. The number of esters is 1.